The van der Waals surface area contributed by atoms with Crippen molar-refractivity contribution >= 4 is 6.21 Å². The van der Waals surface area contributed by atoms with Gasteiger partial charge in [0.25, 0.3) is 0 Å². The van der Waals surface area contributed by atoms with Gasteiger partial charge in [0.05, 0.1) is 6.61 Å². The Balaban J connectivity index is 2.93. The molecule has 3 nitrogen and oxygen atoms in total. The first-order chi connectivity index (χ1) is 5.65. The number of nitrogens with zero attached hydrogens (tertiary/aromatic N) is 1. The van der Waals surface area contributed by atoms with Gasteiger partial charge < -0.3 is 9.84 Å². The number of aliphatic imine (C=N–C) groups is 1. The third-order valence-corrected chi connectivity index (χ3v) is 2.61. The van der Waals surface area contributed by atoms with E-state index in [1.54, 1.807) is 13.3 Å². The van der Waals surface area contributed by atoms with Crippen LogP contribution in [0.1, 0.15) is 13.8 Å². The van der Waals surface area contributed by atoms with E-state index in [4.69, 9.17) is 9.84 Å². The molecule has 1 aliphatic rings. The van der Waals surface area contributed by atoms with Gasteiger partial charge in [0.15, 0.2) is 0 Å². The molecule has 0 aromatic carbocycles. The van der Waals surface area contributed by atoms with Crippen molar-refractivity contribution in [2.24, 2.45) is 4.99 Å². The van der Waals surface area contributed by atoms with E-state index >= 15 is 0 Å². The van der Waals surface area contributed by atoms with E-state index in [1.807, 2.05) is 19.9 Å². The third kappa shape index (κ3) is 1.30. The van der Waals surface area contributed by atoms with Crippen LogP contribution in [0.4, 0.5) is 0 Å². The lowest BCUT2D eigenvalue weighted by Crippen LogP contribution is -2.45. The van der Waals surface area contributed by atoms with E-state index in [-0.39, 0.29) is 12.6 Å². The minimum atomic E-state index is -0.441. The lowest BCUT2D eigenvalue weighted by atomic mass is 9.87. The summed E-state index contributed by atoms with van der Waals surface area (Å²) in [6.07, 6.45) is 3.63. The molecule has 0 amide bonds. The zero-order valence-corrected chi connectivity index (χ0v) is 7.74. The van der Waals surface area contributed by atoms with Crippen molar-refractivity contribution in [1.82, 2.24) is 0 Å². The van der Waals surface area contributed by atoms with E-state index < -0.39 is 5.60 Å². The summed E-state index contributed by atoms with van der Waals surface area (Å²) in [5, 5.41) is 9.05. The Hall–Kier alpha value is -0.670. The molecule has 1 aliphatic heterocycles. The molecule has 1 N–H and O–H groups in total. The van der Waals surface area contributed by atoms with E-state index in [2.05, 4.69) is 4.99 Å². The number of hydrogen-bond donors (Lipinski definition) is 1. The predicted molar refractivity (Wildman–Crippen MR) is 48.5 cm³/mol. The Morgan fingerprint density at radius 3 is 2.83 bits per heavy atom. The number of hydrogen-bond acceptors (Lipinski definition) is 3. The van der Waals surface area contributed by atoms with Crippen LogP contribution in [0.2, 0.25) is 0 Å². The SMILES string of the molecule is COC1(C)C(C)=CC=NC1CO. The normalized spacial score (nSPS) is 35.0. The van der Waals surface area contributed by atoms with Gasteiger partial charge in [-0.05, 0) is 25.5 Å². The first-order valence-electron chi connectivity index (χ1n) is 4.01. The first kappa shape index (κ1) is 9.42. The molecule has 0 aromatic rings. The van der Waals surface area contributed by atoms with Crippen molar-refractivity contribution in [1.29, 1.82) is 0 Å². The molecular formula is C9H15NO2. The summed E-state index contributed by atoms with van der Waals surface area (Å²) in [6.45, 7) is 3.94. The second-order valence-electron chi connectivity index (χ2n) is 3.16. The second kappa shape index (κ2) is 3.37. The average Bonchev–Trinajstić information content (AvgIpc) is 2.10. The average molecular weight is 169 g/mol. The van der Waals surface area contributed by atoms with Crippen molar-refractivity contribution in [3.05, 3.63) is 11.6 Å². The van der Waals surface area contributed by atoms with Gasteiger partial charge in [-0.3, -0.25) is 4.99 Å². The number of dihydropyridines is 1. The smallest absolute Gasteiger partial charge is 0.111 e. The maximum absolute atomic E-state index is 9.05. The summed E-state index contributed by atoms with van der Waals surface area (Å²) in [7, 11) is 1.64. The van der Waals surface area contributed by atoms with E-state index in [0.717, 1.165) is 5.57 Å². The van der Waals surface area contributed by atoms with Crippen LogP contribution in [0.3, 0.4) is 0 Å². The Morgan fingerprint density at radius 2 is 2.42 bits per heavy atom. The number of allylic oxidation sites excluding steroid dienone is 1. The fraction of sp³-hybridized carbons (Fsp3) is 0.667. The molecule has 2 atom stereocenters. The maximum atomic E-state index is 9.05. The molecule has 0 radical (unpaired) electrons. The Morgan fingerprint density at radius 1 is 1.75 bits per heavy atom. The third-order valence-electron chi connectivity index (χ3n) is 2.61. The minimum absolute atomic E-state index is 0.0199. The minimum Gasteiger partial charge on any atom is -0.394 e. The van der Waals surface area contributed by atoms with Crippen LogP contribution in [-0.4, -0.2) is 36.7 Å². The van der Waals surface area contributed by atoms with Crippen LogP contribution >= 0.6 is 0 Å². The number of methoxy groups -OCH3 is 1. The van der Waals surface area contributed by atoms with Crippen molar-refractivity contribution in [2.45, 2.75) is 25.5 Å². The quantitative estimate of drug-likeness (QED) is 0.663. The topological polar surface area (TPSA) is 41.8 Å². The van der Waals surface area contributed by atoms with Gasteiger partial charge in [0.1, 0.15) is 11.6 Å². The summed E-state index contributed by atoms with van der Waals surface area (Å²) < 4.78 is 5.35. The lowest BCUT2D eigenvalue weighted by Gasteiger charge is -2.35. The number of ether oxygens (including phenoxy) is 1. The molecule has 2 unspecified atom stereocenters. The van der Waals surface area contributed by atoms with Gasteiger partial charge in [0.2, 0.25) is 0 Å². The van der Waals surface area contributed by atoms with Crippen molar-refractivity contribution in [2.75, 3.05) is 13.7 Å². The molecule has 1 heterocycles. The van der Waals surface area contributed by atoms with Crippen LogP contribution in [0.5, 0.6) is 0 Å². The highest BCUT2D eigenvalue weighted by atomic mass is 16.5. The zero-order valence-electron chi connectivity index (χ0n) is 7.74. The molecule has 0 fully saturated rings. The molecular weight excluding hydrogens is 154 g/mol. The van der Waals surface area contributed by atoms with Gasteiger partial charge in [-0.1, -0.05) is 0 Å². The monoisotopic (exact) mass is 169 g/mol. The Kier molecular flexibility index (Phi) is 2.65. The molecule has 1 rings (SSSR count). The molecule has 0 saturated carbocycles. The molecule has 3 heteroatoms. The van der Waals surface area contributed by atoms with Crippen molar-refractivity contribution < 1.29 is 9.84 Å². The van der Waals surface area contributed by atoms with E-state index in [9.17, 15) is 0 Å². The lowest BCUT2D eigenvalue weighted by molar-refractivity contribution is 0.000447. The van der Waals surface area contributed by atoms with Crippen LogP contribution in [-0.2, 0) is 4.74 Å². The summed E-state index contributed by atoms with van der Waals surface area (Å²) in [5.41, 5.74) is 0.655. The highest BCUT2D eigenvalue weighted by molar-refractivity contribution is 5.74. The molecule has 12 heavy (non-hydrogen) atoms. The van der Waals surface area contributed by atoms with E-state index in [1.165, 1.54) is 0 Å². The fourth-order valence-electron chi connectivity index (χ4n) is 1.35. The first-order valence-corrected chi connectivity index (χ1v) is 4.01. The largest absolute Gasteiger partial charge is 0.394 e. The summed E-state index contributed by atoms with van der Waals surface area (Å²) in [5.74, 6) is 0. The molecule has 0 aromatic heterocycles. The molecule has 0 aliphatic carbocycles. The van der Waals surface area contributed by atoms with Crippen LogP contribution in [0.25, 0.3) is 0 Å². The highest BCUT2D eigenvalue weighted by Crippen LogP contribution is 2.28. The van der Waals surface area contributed by atoms with Gasteiger partial charge in [-0.25, -0.2) is 0 Å². The van der Waals surface area contributed by atoms with E-state index in [0.29, 0.717) is 0 Å². The Labute approximate surface area is 72.8 Å². The van der Waals surface area contributed by atoms with Gasteiger partial charge >= 0.3 is 0 Å². The summed E-state index contributed by atoms with van der Waals surface area (Å²) in [4.78, 5) is 4.15. The molecule has 68 valence electrons. The van der Waals surface area contributed by atoms with Gasteiger partial charge in [0, 0.05) is 13.3 Å². The summed E-state index contributed by atoms with van der Waals surface area (Å²) in [6, 6.07) is -0.174. The number of rotatable bonds is 2. The zero-order chi connectivity index (χ0) is 9.19. The van der Waals surface area contributed by atoms with Gasteiger partial charge in [-0.15, -0.1) is 0 Å². The van der Waals surface area contributed by atoms with Gasteiger partial charge in [-0.2, -0.15) is 0 Å². The highest BCUT2D eigenvalue weighted by Gasteiger charge is 2.36. The van der Waals surface area contributed by atoms with Crippen LogP contribution in [0, 0.1) is 0 Å². The maximum Gasteiger partial charge on any atom is 0.111 e. The fourth-order valence-corrected chi connectivity index (χ4v) is 1.35. The molecule has 0 bridgehead atoms. The predicted octanol–water partition coefficient (Wildman–Crippen LogP) is 0.783. The standard InChI is InChI=1S/C9H15NO2/c1-7-4-5-10-8(6-11)9(7,2)12-3/h4-5,8,11H,6H2,1-3H3. The number of aliphatic hydroxyl groups excluding tert-OH is 1. The van der Waals surface area contributed by atoms with Crippen molar-refractivity contribution in [3.63, 3.8) is 0 Å². The van der Waals surface area contributed by atoms with Crippen molar-refractivity contribution in [3.8, 4) is 0 Å². The van der Waals surface area contributed by atoms with Crippen LogP contribution < -0.4 is 0 Å². The molecule has 0 spiro atoms. The van der Waals surface area contributed by atoms with Crippen LogP contribution in [0.15, 0.2) is 16.6 Å². The number of aliphatic hydroxyl groups is 1. The molecule has 0 saturated heterocycles. The summed E-state index contributed by atoms with van der Waals surface area (Å²) >= 11 is 0. The second-order valence-corrected chi connectivity index (χ2v) is 3.16. The Bertz CT molecular complexity index is 223.